The molecule has 1 aliphatic heterocycles. The van der Waals surface area contributed by atoms with Crippen LogP contribution in [0.5, 0.6) is 0 Å². The van der Waals surface area contributed by atoms with E-state index in [-0.39, 0.29) is 18.6 Å². The summed E-state index contributed by atoms with van der Waals surface area (Å²) in [7, 11) is 0. The third kappa shape index (κ3) is 3.19. The normalized spacial score (nSPS) is 29.8. The second kappa shape index (κ2) is 4.66. The van der Waals surface area contributed by atoms with Crippen molar-refractivity contribution in [3.05, 3.63) is 12.2 Å². The van der Waals surface area contributed by atoms with Crippen molar-refractivity contribution in [2.24, 2.45) is 0 Å². The molecule has 0 bridgehead atoms. The highest BCUT2D eigenvalue weighted by Gasteiger charge is 2.58. The van der Waals surface area contributed by atoms with Crippen LogP contribution < -0.4 is 0 Å². The summed E-state index contributed by atoms with van der Waals surface area (Å²) in [5, 5.41) is 9.27. The second-order valence-electron chi connectivity index (χ2n) is 3.93. The number of alkyl halides is 3. The van der Waals surface area contributed by atoms with Crippen molar-refractivity contribution in [1.82, 2.24) is 0 Å². The van der Waals surface area contributed by atoms with Gasteiger partial charge < -0.3 is 14.6 Å². The fourth-order valence-electron chi connectivity index (χ4n) is 1.38. The van der Waals surface area contributed by atoms with Crippen LogP contribution in [-0.4, -0.2) is 35.8 Å². The van der Waals surface area contributed by atoms with Gasteiger partial charge in [-0.3, -0.25) is 0 Å². The highest BCUT2D eigenvalue weighted by atomic mass is 19.4. The summed E-state index contributed by atoms with van der Waals surface area (Å²) in [6.07, 6.45) is -6.66. The maximum atomic E-state index is 12.5. The fourth-order valence-corrected chi connectivity index (χ4v) is 1.38. The van der Waals surface area contributed by atoms with E-state index in [1.165, 1.54) is 6.92 Å². The van der Waals surface area contributed by atoms with Crippen LogP contribution in [0.15, 0.2) is 12.2 Å². The molecule has 1 aliphatic rings. The number of carbonyl (C=O) groups is 1. The summed E-state index contributed by atoms with van der Waals surface area (Å²) < 4.78 is 46.5. The van der Waals surface area contributed by atoms with Crippen molar-refractivity contribution in [3.8, 4) is 0 Å². The lowest BCUT2D eigenvalue weighted by Gasteiger charge is -2.37. The molecule has 4 nitrogen and oxygen atoms in total. The van der Waals surface area contributed by atoms with Crippen molar-refractivity contribution in [2.75, 3.05) is 6.61 Å². The molecule has 17 heavy (non-hydrogen) atoms. The standard InChI is InChI=1S/C10H13F3O4/c1-6(2)8(14)17-7-3-4-16-9(15,5-7)10(11,12)13/h7,15H,1,3-5H2,2H3. The van der Waals surface area contributed by atoms with Gasteiger partial charge in [-0.2, -0.15) is 13.2 Å². The predicted octanol–water partition coefficient (Wildman–Crippen LogP) is 1.54. The molecule has 0 saturated carbocycles. The Labute approximate surface area is 96.0 Å². The Balaban J connectivity index is 2.67. The van der Waals surface area contributed by atoms with Gasteiger partial charge in [0.05, 0.1) is 6.61 Å². The zero-order valence-corrected chi connectivity index (χ0v) is 9.21. The Hall–Kier alpha value is -1.08. The summed E-state index contributed by atoms with van der Waals surface area (Å²) in [6, 6.07) is 0. The summed E-state index contributed by atoms with van der Waals surface area (Å²) in [5.41, 5.74) is 0.0899. The molecule has 7 heteroatoms. The van der Waals surface area contributed by atoms with Gasteiger partial charge in [0.1, 0.15) is 6.10 Å². The van der Waals surface area contributed by atoms with Gasteiger partial charge >= 0.3 is 12.1 Å². The van der Waals surface area contributed by atoms with Crippen molar-refractivity contribution >= 4 is 5.97 Å². The fraction of sp³-hybridized carbons (Fsp3) is 0.700. The second-order valence-corrected chi connectivity index (χ2v) is 3.93. The molecule has 0 radical (unpaired) electrons. The Bertz CT molecular complexity index is 326. The number of hydrogen-bond donors (Lipinski definition) is 1. The molecule has 1 N–H and O–H groups in total. The lowest BCUT2D eigenvalue weighted by atomic mass is 10.0. The molecule has 0 aliphatic carbocycles. The average molecular weight is 254 g/mol. The lowest BCUT2D eigenvalue weighted by molar-refractivity contribution is -0.383. The third-order valence-corrected chi connectivity index (χ3v) is 2.35. The Morgan fingerprint density at radius 2 is 2.18 bits per heavy atom. The van der Waals surface area contributed by atoms with E-state index in [4.69, 9.17) is 4.74 Å². The molecule has 2 unspecified atom stereocenters. The molecule has 0 aromatic rings. The molecule has 1 fully saturated rings. The Kier molecular flexibility index (Phi) is 3.83. The molecular weight excluding hydrogens is 241 g/mol. The average Bonchev–Trinajstić information content (AvgIpc) is 2.15. The van der Waals surface area contributed by atoms with E-state index in [0.717, 1.165) is 0 Å². The number of rotatable bonds is 2. The minimum atomic E-state index is -4.92. The topological polar surface area (TPSA) is 55.8 Å². The SMILES string of the molecule is C=C(C)C(=O)OC1CCOC(O)(C(F)(F)F)C1. The van der Waals surface area contributed by atoms with Gasteiger partial charge in [-0.15, -0.1) is 0 Å². The molecule has 0 spiro atoms. The number of hydrogen-bond acceptors (Lipinski definition) is 4. The highest BCUT2D eigenvalue weighted by Crippen LogP contribution is 2.38. The van der Waals surface area contributed by atoms with Gasteiger partial charge in [-0.05, 0) is 6.92 Å². The first-order valence-electron chi connectivity index (χ1n) is 4.95. The van der Waals surface area contributed by atoms with Crippen molar-refractivity contribution < 1.29 is 32.5 Å². The predicted molar refractivity (Wildman–Crippen MR) is 50.9 cm³/mol. The maximum absolute atomic E-state index is 12.5. The molecule has 1 saturated heterocycles. The number of esters is 1. The van der Waals surface area contributed by atoms with Gasteiger partial charge in [0.2, 0.25) is 0 Å². The summed E-state index contributed by atoms with van der Waals surface area (Å²) >= 11 is 0. The van der Waals surface area contributed by atoms with Crippen LogP contribution in [0.2, 0.25) is 0 Å². The summed E-state index contributed by atoms with van der Waals surface area (Å²) in [5.74, 6) is -4.02. The minimum absolute atomic E-state index is 0.0899. The molecule has 1 heterocycles. The Morgan fingerprint density at radius 3 is 2.65 bits per heavy atom. The number of halogens is 3. The van der Waals surface area contributed by atoms with Crippen molar-refractivity contribution in [1.29, 1.82) is 0 Å². The molecule has 2 atom stereocenters. The van der Waals surface area contributed by atoms with Crippen LogP contribution in [0.3, 0.4) is 0 Å². The van der Waals surface area contributed by atoms with E-state index in [1.54, 1.807) is 0 Å². The van der Waals surface area contributed by atoms with Gasteiger partial charge in [0, 0.05) is 18.4 Å². The zero-order chi connectivity index (χ0) is 13.3. The number of carbonyl (C=O) groups excluding carboxylic acids is 1. The van der Waals surface area contributed by atoms with Crippen molar-refractivity contribution in [2.45, 2.75) is 37.8 Å². The first kappa shape index (κ1) is 14.0. The number of aliphatic hydroxyl groups is 1. The quantitative estimate of drug-likeness (QED) is 0.600. The van der Waals surface area contributed by atoms with E-state index in [9.17, 15) is 23.1 Å². The first-order chi connectivity index (χ1) is 7.66. The van der Waals surface area contributed by atoms with E-state index in [0.29, 0.717) is 0 Å². The van der Waals surface area contributed by atoms with Crippen LogP contribution in [0.25, 0.3) is 0 Å². The Morgan fingerprint density at radius 1 is 1.59 bits per heavy atom. The van der Waals surface area contributed by atoms with E-state index < -0.39 is 30.5 Å². The third-order valence-electron chi connectivity index (χ3n) is 2.35. The smallest absolute Gasteiger partial charge is 0.443 e. The highest BCUT2D eigenvalue weighted by molar-refractivity contribution is 5.87. The van der Waals surface area contributed by atoms with Gasteiger partial charge in [-0.1, -0.05) is 6.58 Å². The monoisotopic (exact) mass is 254 g/mol. The van der Waals surface area contributed by atoms with Gasteiger partial charge in [-0.25, -0.2) is 4.79 Å². The molecule has 98 valence electrons. The molecule has 0 aromatic carbocycles. The van der Waals surface area contributed by atoms with Crippen LogP contribution >= 0.6 is 0 Å². The van der Waals surface area contributed by atoms with E-state index in [2.05, 4.69) is 11.3 Å². The van der Waals surface area contributed by atoms with E-state index >= 15 is 0 Å². The first-order valence-corrected chi connectivity index (χ1v) is 4.95. The van der Waals surface area contributed by atoms with Crippen molar-refractivity contribution in [3.63, 3.8) is 0 Å². The van der Waals surface area contributed by atoms with Crippen LogP contribution in [0.4, 0.5) is 13.2 Å². The zero-order valence-electron chi connectivity index (χ0n) is 9.21. The van der Waals surface area contributed by atoms with Crippen LogP contribution in [0.1, 0.15) is 19.8 Å². The molecule has 0 aromatic heterocycles. The van der Waals surface area contributed by atoms with E-state index in [1.807, 2.05) is 0 Å². The molecule has 1 rings (SSSR count). The summed E-state index contributed by atoms with van der Waals surface area (Å²) in [4.78, 5) is 11.1. The molecular formula is C10H13F3O4. The van der Waals surface area contributed by atoms with Crippen LogP contribution in [-0.2, 0) is 14.3 Å². The molecule has 0 amide bonds. The lowest BCUT2D eigenvalue weighted by Crippen LogP contribution is -2.53. The largest absolute Gasteiger partial charge is 0.459 e. The van der Waals surface area contributed by atoms with Gasteiger partial charge in [0.15, 0.2) is 0 Å². The van der Waals surface area contributed by atoms with Crippen LogP contribution in [0, 0.1) is 0 Å². The van der Waals surface area contributed by atoms with Gasteiger partial charge in [0.25, 0.3) is 5.79 Å². The summed E-state index contributed by atoms with van der Waals surface area (Å²) in [6.45, 7) is 4.37. The minimum Gasteiger partial charge on any atom is -0.459 e. The maximum Gasteiger partial charge on any atom is 0.443 e. The number of ether oxygens (including phenoxy) is 2.